The van der Waals surface area contributed by atoms with E-state index in [9.17, 15) is 4.79 Å². The normalized spacial score (nSPS) is 10.2. The highest BCUT2D eigenvalue weighted by atomic mass is 35.5. The van der Waals surface area contributed by atoms with Crippen LogP contribution in [0.15, 0.2) is 72.8 Å². The van der Waals surface area contributed by atoms with Crippen molar-refractivity contribution in [2.24, 2.45) is 0 Å². The monoisotopic (exact) mass is 353 g/mol. The average Bonchev–Trinajstić information content (AvgIpc) is 2.65. The topological polar surface area (TPSA) is 47.6 Å². The number of rotatable bonds is 5. The maximum atomic E-state index is 12.2. The summed E-state index contributed by atoms with van der Waals surface area (Å²) in [6.07, 6.45) is 0. The van der Waals surface area contributed by atoms with Crippen LogP contribution in [0, 0.1) is 0 Å². The second-order valence-electron chi connectivity index (χ2n) is 5.26. The fraction of sp³-hybridized carbons (Fsp3) is 0.0500. The van der Waals surface area contributed by atoms with Gasteiger partial charge in [-0.2, -0.15) is 0 Å². The highest BCUT2D eigenvalue weighted by Gasteiger charge is 2.07. The predicted octanol–water partition coefficient (Wildman–Crippen LogP) is 5.39. The fourth-order valence-corrected chi connectivity index (χ4v) is 2.32. The molecule has 0 unspecified atom stereocenters. The lowest BCUT2D eigenvalue weighted by atomic mass is 10.2. The number of hydrogen-bond acceptors (Lipinski definition) is 3. The smallest absolute Gasteiger partial charge is 0.255 e. The van der Waals surface area contributed by atoms with Crippen LogP contribution in [0.25, 0.3) is 0 Å². The summed E-state index contributed by atoms with van der Waals surface area (Å²) in [4.78, 5) is 12.2. The maximum Gasteiger partial charge on any atom is 0.255 e. The predicted molar refractivity (Wildman–Crippen MR) is 98.9 cm³/mol. The molecule has 0 aromatic heterocycles. The van der Waals surface area contributed by atoms with Gasteiger partial charge in [-0.15, -0.1) is 0 Å². The van der Waals surface area contributed by atoms with Gasteiger partial charge in [-0.3, -0.25) is 4.79 Å². The SMILES string of the molecule is COc1ccc(Oc2ccc(C(=O)Nc3ccc(Cl)cc3)cc2)cc1. The van der Waals surface area contributed by atoms with E-state index in [0.29, 0.717) is 27.8 Å². The second kappa shape index (κ2) is 7.73. The molecule has 3 rings (SSSR count). The number of amides is 1. The molecule has 0 heterocycles. The van der Waals surface area contributed by atoms with E-state index in [1.54, 1.807) is 55.6 Å². The maximum absolute atomic E-state index is 12.2. The number of ether oxygens (including phenoxy) is 2. The van der Waals surface area contributed by atoms with Crippen molar-refractivity contribution < 1.29 is 14.3 Å². The fourth-order valence-electron chi connectivity index (χ4n) is 2.19. The molecule has 0 atom stereocenters. The van der Waals surface area contributed by atoms with Gasteiger partial charge >= 0.3 is 0 Å². The minimum atomic E-state index is -0.196. The van der Waals surface area contributed by atoms with E-state index in [0.717, 1.165) is 5.75 Å². The standard InChI is InChI=1S/C20H16ClNO3/c1-24-17-10-12-19(13-11-17)25-18-8-2-14(3-9-18)20(23)22-16-6-4-15(21)5-7-16/h2-13H,1H3,(H,22,23). The summed E-state index contributed by atoms with van der Waals surface area (Å²) < 4.78 is 10.9. The zero-order valence-corrected chi connectivity index (χ0v) is 14.3. The van der Waals surface area contributed by atoms with Crippen molar-refractivity contribution in [2.75, 3.05) is 12.4 Å². The molecular formula is C20H16ClNO3. The molecule has 126 valence electrons. The molecule has 0 spiro atoms. The van der Waals surface area contributed by atoms with Crippen molar-refractivity contribution in [2.45, 2.75) is 0 Å². The van der Waals surface area contributed by atoms with E-state index in [2.05, 4.69) is 5.32 Å². The third-order valence-electron chi connectivity index (χ3n) is 3.51. The van der Waals surface area contributed by atoms with E-state index in [-0.39, 0.29) is 5.91 Å². The molecule has 0 aliphatic heterocycles. The molecule has 25 heavy (non-hydrogen) atoms. The van der Waals surface area contributed by atoms with Crippen molar-refractivity contribution in [1.82, 2.24) is 0 Å². The highest BCUT2D eigenvalue weighted by molar-refractivity contribution is 6.30. The van der Waals surface area contributed by atoms with Crippen LogP contribution in [0.2, 0.25) is 5.02 Å². The summed E-state index contributed by atoms with van der Waals surface area (Å²) in [6, 6.07) is 21.2. The molecule has 5 heteroatoms. The molecule has 4 nitrogen and oxygen atoms in total. The van der Waals surface area contributed by atoms with Crippen LogP contribution in [-0.2, 0) is 0 Å². The Morgan fingerprint density at radius 3 is 1.88 bits per heavy atom. The lowest BCUT2D eigenvalue weighted by Crippen LogP contribution is -2.11. The number of methoxy groups -OCH3 is 1. The molecule has 1 amide bonds. The van der Waals surface area contributed by atoms with E-state index < -0.39 is 0 Å². The van der Waals surface area contributed by atoms with Gasteiger partial charge in [-0.05, 0) is 72.8 Å². The number of anilines is 1. The van der Waals surface area contributed by atoms with Crippen molar-refractivity contribution in [3.8, 4) is 17.2 Å². The van der Waals surface area contributed by atoms with Gasteiger partial charge in [0.2, 0.25) is 0 Å². The first-order chi connectivity index (χ1) is 12.1. The van der Waals surface area contributed by atoms with Gasteiger partial charge in [0.1, 0.15) is 17.2 Å². The second-order valence-corrected chi connectivity index (χ2v) is 5.70. The van der Waals surface area contributed by atoms with Crippen LogP contribution in [-0.4, -0.2) is 13.0 Å². The number of hydrogen-bond donors (Lipinski definition) is 1. The van der Waals surface area contributed by atoms with Crippen LogP contribution >= 0.6 is 11.6 Å². The molecule has 0 bridgehead atoms. The number of nitrogens with one attached hydrogen (secondary N) is 1. The molecular weight excluding hydrogens is 338 g/mol. The lowest BCUT2D eigenvalue weighted by molar-refractivity contribution is 0.102. The Hall–Kier alpha value is -2.98. The van der Waals surface area contributed by atoms with Gasteiger partial charge in [-0.25, -0.2) is 0 Å². The summed E-state index contributed by atoms with van der Waals surface area (Å²) in [5, 5.41) is 3.44. The van der Waals surface area contributed by atoms with Gasteiger partial charge < -0.3 is 14.8 Å². The molecule has 0 saturated carbocycles. The molecule has 1 N–H and O–H groups in total. The van der Waals surface area contributed by atoms with Gasteiger partial charge in [0.25, 0.3) is 5.91 Å². The zero-order chi connectivity index (χ0) is 17.6. The Bertz CT molecular complexity index is 844. The van der Waals surface area contributed by atoms with Crippen LogP contribution in [0.4, 0.5) is 5.69 Å². The minimum Gasteiger partial charge on any atom is -0.497 e. The van der Waals surface area contributed by atoms with E-state index in [1.165, 1.54) is 0 Å². The zero-order valence-electron chi connectivity index (χ0n) is 13.5. The lowest BCUT2D eigenvalue weighted by Gasteiger charge is -2.08. The van der Waals surface area contributed by atoms with E-state index >= 15 is 0 Å². The van der Waals surface area contributed by atoms with Gasteiger partial charge in [0.15, 0.2) is 0 Å². The van der Waals surface area contributed by atoms with Crippen LogP contribution in [0.1, 0.15) is 10.4 Å². The first-order valence-corrected chi connectivity index (χ1v) is 8.01. The molecule has 0 fully saturated rings. The third kappa shape index (κ3) is 4.52. The molecule has 0 aliphatic rings. The summed E-state index contributed by atoms with van der Waals surface area (Å²) in [7, 11) is 1.61. The largest absolute Gasteiger partial charge is 0.497 e. The summed E-state index contributed by atoms with van der Waals surface area (Å²) >= 11 is 5.83. The Labute approximate surface area is 151 Å². The van der Waals surface area contributed by atoms with Crippen LogP contribution in [0.3, 0.4) is 0 Å². The Morgan fingerprint density at radius 1 is 0.800 bits per heavy atom. The molecule has 3 aromatic carbocycles. The average molecular weight is 354 g/mol. The molecule has 3 aromatic rings. The summed E-state index contributed by atoms with van der Waals surface area (Å²) in [5.41, 5.74) is 1.23. The van der Waals surface area contributed by atoms with Crippen LogP contribution in [0.5, 0.6) is 17.2 Å². The number of carbonyl (C=O) groups is 1. The van der Waals surface area contributed by atoms with Gasteiger partial charge in [-0.1, -0.05) is 11.6 Å². The molecule has 0 saturated heterocycles. The van der Waals surface area contributed by atoms with Crippen molar-refractivity contribution >= 4 is 23.2 Å². The third-order valence-corrected chi connectivity index (χ3v) is 3.77. The Balaban J connectivity index is 1.64. The quantitative estimate of drug-likeness (QED) is 0.668. The first kappa shape index (κ1) is 16.9. The Kier molecular flexibility index (Phi) is 5.21. The summed E-state index contributed by atoms with van der Waals surface area (Å²) in [6.45, 7) is 0. The number of carbonyl (C=O) groups excluding carboxylic acids is 1. The Morgan fingerprint density at radius 2 is 1.32 bits per heavy atom. The first-order valence-electron chi connectivity index (χ1n) is 7.63. The highest BCUT2D eigenvalue weighted by Crippen LogP contribution is 2.24. The van der Waals surface area contributed by atoms with Crippen molar-refractivity contribution in [3.63, 3.8) is 0 Å². The molecule has 0 radical (unpaired) electrons. The number of halogens is 1. The van der Waals surface area contributed by atoms with Crippen molar-refractivity contribution in [1.29, 1.82) is 0 Å². The summed E-state index contributed by atoms with van der Waals surface area (Å²) in [5.74, 6) is 1.91. The number of benzene rings is 3. The minimum absolute atomic E-state index is 0.196. The van der Waals surface area contributed by atoms with E-state index in [1.807, 2.05) is 24.3 Å². The van der Waals surface area contributed by atoms with Crippen LogP contribution < -0.4 is 14.8 Å². The van der Waals surface area contributed by atoms with Crippen molar-refractivity contribution in [3.05, 3.63) is 83.4 Å². The van der Waals surface area contributed by atoms with Gasteiger partial charge in [0.05, 0.1) is 7.11 Å². The molecule has 0 aliphatic carbocycles. The van der Waals surface area contributed by atoms with Gasteiger partial charge in [0, 0.05) is 16.3 Å². The van der Waals surface area contributed by atoms with E-state index in [4.69, 9.17) is 21.1 Å².